The molecule has 4 rings (SSSR count). The number of para-hydroxylation sites is 1. The van der Waals surface area contributed by atoms with Crippen LogP contribution < -0.4 is 20.5 Å². The molecule has 1 saturated heterocycles. The zero-order valence-electron chi connectivity index (χ0n) is 19.9. The molecule has 0 atom stereocenters. The summed E-state index contributed by atoms with van der Waals surface area (Å²) in [5, 5.41) is 3.34. The number of amides is 1. The Kier molecular flexibility index (Phi) is 7.71. The van der Waals surface area contributed by atoms with Gasteiger partial charge >= 0.3 is 5.97 Å². The first-order valence-electron chi connectivity index (χ1n) is 11.6. The minimum Gasteiger partial charge on any atom is -0.493 e. The van der Waals surface area contributed by atoms with Crippen molar-refractivity contribution in [2.45, 2.75) is 32.4 Å². The fourth-order valence-corrected chi connectivity index (χ4v) is 4.15. The van der Waals surface area contributed by atoms with Crippen molar-refractivity contribution in [1.29, 1.82) is 0 Å². The Labute approximate surface area is 203 Å². The number of carbonyl (C=O) groups excluding carboxylic acids is 2. The van der Waals surface area contributed by atoms with Gasteiger partial charge in [-0.3, -0.25) is 9.69 Å². The number of aromatic nitrogens is 1. The first-order valence-corrected chi connectivity index (χ1v) is 11.6. The van der Waals surface area contributed by atoms with Crippen LogP contribution >= 0.6 is 0 Å². The molecular formula is C25H30N4O6. The van der Waals surface area contributed by atoms with E-state index < -0.39 is 18.5 Å². The molecule has 10 nitrogen and oxygen atoms in total. The lowest BCUT2D eigenvalue weighted by Gasteiger charge is -2.32. The summed E-state index contributed by atoms with van der Waals surface area (Å²) in [6.45, 7) is 4.72. The molecule has 1 aromatic heterocycles. The third kappa shape index (κ3) is 6.02. The minimum atomic E-state index is -0.721. The van der Waals surface area contributed by atoms with E-state index in [0.717, 1.165) is 44.0 Å². The van der Waals surface area contributed by atoms with E-state index in [1.165, 1.54) is 5.56 Å². The molecule has 35 heavy (non-hydrogen) atoms. The van der Waals surface area contributed by atoms with E-state index in [9.17, 15) is 9.59 Å². The SMILES string of the molecule is CCOc1cc(CN2CCC(Nc3nc4c(C(=O)OCC(N)=O)cccc4o3)CC2)ccc1OC. The van der Waals surface area contributed by atoms with Crippen molar-refractivity contribution >= 4 is 29.0 Å². The number of primary amides is 1. The number of nitrogens with one attached hydrogen (secondary N) is 1. The standard InChI is InChI=1S/C25H30N4O6/c1-3-33-21-13-16(7-8-19(21)32-2)14-29-11-9-17(10-12-29)27-25-28-23-18(5-4-6-20(23)35-25)24(31)34-15-22(26)30/h4-8,13,17H,3,9-12,14-15H2,1-2H3,(H2,26,30)(H,27,28). The molecule has 10 heteroatoms. The van der Waals surface area contributed by atoms with Crippen LogP contribution in [0.1, 0.15) is 35.7 Å². The predicted molar refractivity (Wildman–Crippen MR) is 130 cm³/mol. The number of oxazole rings is 1. The highest BCUT2D eigenvalue weighted by Crippen LogP contribution is 2.29. The Bertz CT molecular complexity index is 1190. The van der Waals surface area contributed by atoms with Crippen LogP contribution in [0.5, 0.6) is 11.5 Å². The summed E-state index contributed by atoms with van der Waals surface area (Å²) >= 11 is 0. The average molecular weight is 483 g/mol. The number of fused-ring (bicyclic) bond motifs is 1. The van der Waals surface area contributed by atoms with E-state index >= 15 is 0 Å². The molecule has 0 aliphatic carbocycles. The maximum absolute atomic E-state index is 12.3. The lowest BCUT2D eigenvalue weighted by molar-refractivity contribution is -0.121. The van der Waals surface area contributed by atoms with E-state index in [2.05, 4.69) is 21.3 Å². The second-order valence-corrected chi connectivity index (χ2v) is 8.33. The number of rotatable bonds is 10. The summed E-state index contributed by atoms with van der Waals surface area (Å²) in [7, 11) is 1.64. The van der Waals surface area contributed by atoms with Crippen molar-refractivity contribution in [1.82, 2.24) is 9.88 Å². The zero-order chi connectivity index (χ0) is 24.8. The monoisotopic (exact) mass is 482 g/mol. The molecule has 2 aromatic carbocycles. The van der Waals surface area contributed by atoms with Crippen LogP contribution in [0.15, 0.2) is 40.8 Å². The number of benzene rings is 2. The topological polar surface area (TPSA) is 129 Å². The van der Waals surface area contributed by atoms with Crippen LogP contribution in [0.4, 0.5) is 6.01 Å². The van der Waals surface area contributed by atoms with Gasteiger partial charge < -0.3 is 29.7 Å². The van der Waals surface area contributed by atoms with E-state index in [1.807, 2.05) is 19.1 Å². The predicted octanol–water partition coefficient (Wildman–Crippen LogP) is 2.95. The van der Waals surface area contributed by atoms with Gasteiger partial charge in [-0.1, -0.05) is 12.1 Å². The fourth-order valence-electron chi connectivity index (χ4n) is 4.15. The molecule has 3 aromatic rings. The Balaban J connectivity index is 1.35. The molecule has 0 spiro atoms. The summed E-state index contributed by atoms with van der Waals surface area (Å²) in [5.74, 6) is 0.105. The van der Waals surface area contributed by atoms with E-state index in [0.29, 0.717) is 23.7 Å². The van der Waals surface area contributed by atoms with Crippen molar-refractivity contribution in [3.8, 4) is 11.5 Å². The fraction of sp³-hybridized carbons (Fsp3) is 0.400. The number of ether oxygens (including phenoxy) is 3. The number of piperidine rings is 1. The van der Waals surface area contributed by atoms with Crippen LogP contribution in [0.2, 0.25) is 0 Å². The summed E-state index contributed by atoms with van der Waals surface area (Å²) < 4.78 is 21.8. The first kappa shape index (κ1) is 24.3. The third-order valence-corrected chi connectivity index (χ3v) is 5.83. The van der Waals surface area contributed by atoms with Gasteiger partial charge in [0.05, 0.1) is 19.3 Å². The number of nitrogens with zero attached hydrogens (tertiary/aromatic N) is 2. The highest BCUT2D eigenvalue weighted by molar-refractivity contribution is 6.02. The highest BCUT2D eigenvalue weighted by atomic mass is 16.5. The van der Waals surface area contributed by atoms with Gasteiger partial charge in [-0.05, 0) is 49.6 Å². The van der Waals surface area contributed by atoms with Gasteiger partial charge in [0.1, 0.15) is 5.52 Å². The number of methoxy groups -OCH3 is 1. The van der Waals surface area contributed by atoms with Gasteiger partial charge in [0.15, 0.2) is 23.7 Å². The van der Waals surface area contributed by atoms with Crippen molar-refractivity contribution in [3.05, 3.63) is 47.5 Å². The lowest BCUT2D eigenvalue weighted by Crippen LogP contribution is -2.38. The molecule has 186 valence electrons. The Morgan fingerprint density at radius 1 is 1.20 bits per heavy atom. The normalized spacial score (nSPS) is 14.6. The molecule has 1 amide bonds. The maximum atomic E-state index is 12.3. The number of hydrogen-bond acceptors (Lipinski definition) is 9. The highest BCUT2D eigenvalue weighted by Gasteiger charge is 2.23. The molecule has 0 unspecified atom stereocenters. The number of hydrogen-bond donors (Lipinski definition) is 2. The number of esters is 1. The lowest BCUT2D eigenvalue weighted by atomic mass is 10.0. The number of anilines is 1. The summed E-state index contributed by atoms with van der Waals surface area (Å²) in [6, 6.07) is 11.6. The van der Waals surface area contributed by atoms with Gasteiger partial charge in [0.25, 0.3) is 11.9 Å². The van der Waals surface area contributed by atoms with Crippen molar-refractivity contribution in [3.63, 3.8) is 0 Å². The molecule has 1 fully saturated rings. The van der Waals surface area contributed by atoms with E-state index in [4.69, 9.17) is 24.4 Å². The second-order valence-electron chi connectivity index (χ2n) is 8.33. The second kappa shape index (κ2) is 11.1. The van der Waals surface area contributed by atoms with Gasteiger partial charge in [-0.2, -0.15) is 4.98 Å². The number of likely N-dealkylation sites (tertiary alicyclic amines) is 1. The van der Waals surface area contributed by atoms with Gasteiger partial charge in [0.2, 0.25) is 0 Å². The largest absolute Gasteiger partial charge is 0.493 e. The van der Waals surface area contributed by atoms with Crippen LogP contribution in [0.3, 0.4) is 0 Å². The van der Waals surface area contributed by atoms with Crippen LogP contribution in [-0.2, 0) is 16.1 Å². The van der Waals surface area contributed by atoms with Crippen LogP contribution in [0.25, 0.3) is 11.1 Å². The molecule has 3 N–H and O–H groups in total. The zero-order valence-corrected chi connectivity index (χ0v) is 19.9. The molecule has 2 heterocycles. The third-order valence-electron chi connectivity index (χ3n) is 5.83. The molecule has 0 radical (unpaired) electrons. The van der Waals surface area contributed by atoms with Crippen LogP contribution in [0, 0.1) is 0 Å². The Morgan fingerprint density at radius 2 is 2.00 bits per heavy atom. The molecule has 1 aliphatic heterocycles. The average Bonchev–Trinajstić information content (AvgIpc) is 3.26. The molecular weight excluding hydrogens is 452 g/mol. The van der Waals surface area contributed by atoms with Crippen LogP contribution in [-0.4, -0.2) is 61.2 Å². The van der Waals surface area contributed by atoms with Crippen molar-refractivity contribution in [2.75, 3.05) is 38.7 Å². The quantitative estimate of drug-likeness (QED) is 0.419. The molecule has 0 saturated carbocycles. The minimum absolute atomic E-state index is 0.194. The number of carbonyl (C=O) groups is 2. The first-order chi connectivity index (χ1) is 17.0. The van der Waals surface area contributed by atoms with Gasteiger partial charge in [-0.25, -0.2) is 4.79 Å². The summed E-state index contributed by atoms with van der Waals surface area (Å²) in [4.78, 5) is 30.0. The van der Waals surface area contributed by atoms with Gasteiger partial charge in [0, 0.05) is 25.7 Å². The van der Waals surface area contributed by atoms with Gasteiger partial charge in [-0.15, -0.1) is 0 Å². The van der Waals surface area contributed by atoms with Crippen molar-refractivity contribution < 1.29 is 28.2 Å². The smallest absolute Gasteiger partial charge is 0.340 e. The molecule has 1 aliphatic rings. The Hall–Kier alpha value is -3.79. The maximum Gasteiger partial charge on any atom is 0.340 e. The summed E-state index contributed by atoms with van der Waals surface area (Å²) in [5.41, 5.74) is 7.29. The molecule has 0 bridgehead atoms. The Morgan fingerprint density at radius 3 is 2.71 bits per heavy atom. The summed E-state index contributed by atoms with van der Waals surface area (Å²) in [6.07, 6.45) is 1.83. The van der Waals surface area contributed by atoms with Crippen molar-refractivity contribution in [2.24, 2.45) is 5.73 Å². The van der Waals surface area contributed by atoms with E-state index in [-0.39, 0.29) is 11.6 Å². The number of nitrogens with two attached hydrogens (primary N) is 1. The van der Waals surface area contributed by atoms with E-state index in [1.54, 1.807) is 25.3 Å².